The molecule has 0 saturated carbocycles. The third-order valence-electron chi connectivity index (χ3n) is 2.21. The van der Waals surface area contributed by atoms with Crippen LogP contribution in [0.2, 0.25) is 0 Å². The molecule has 0 rings (SSSR count). The number of hydrogen-bond donors (Lipinski definition) is 1. The SMILES string of the molecule is CN(CCOCCCCOCCCC(=O)O)N=O. The first-order valence-corrected chi connectivity index (χ1v) is 6.08. The second-order valence-corrected chi connectivity index (χ2v) is 3.89. The van der Waals surface area contributed by atoms with Crippen molar-refractivity contribution < 1.29 is 19.4 Å². The molecule has 0 amide bonds. The number of ether oxygens (including phenoxy) is 2. The lowest BCUT2D eigenvalue weighted by atomic mass is 10.3. The van der Waals surface area contributed by atoms with Crippen molar-refractivity contribution >= 4 is 5.97 Å². The van der Waals surface area contributed by atoms with Gasteiger partial charge in [0.1, 0.15) is 0 Å². The first-order valence-electron chi connectivity index (χ1n) is 6.08. The smallest absolute Gasteiger partial charge is 0.303 e. The summed E-state index contributed by atoms with van der Waals surface area (Å²) in [6, 6.07) is 0. The minimum Gasteiger partial charge on any atom is -0.481 e. The lowest BCUT2D eigenvalue weighted by molar-refractivity contribution is -0.137. The summed E-state index contributed by atoms with van der Waals surface area (Å²) in [7, 11) is 1.60. The second kappa shape index (κ2) is 12.3. The fourth-order valence-corrected chi connectivity index (χ4v) is 1.18. The molecule has 0 aliphatic heterocycles. The molecule has 0 saturated heterocycles. The summed E-state index contributed by atoms with van der Waals surface area (Å²) >= 11 is 0. The van der Waals surface area contributed by atoms with Crippen LogP contribution in [0, 0.1) is 4.91 Å². The van der Waals surface area contributed by atoms with Crippen LogP contribution in [0.15, 0.2) is 5.29 Å². The van der Waals surface area contributed by atoms with Crippen LogP contribution in [-0.2, 0) is 14.3 Å². The van der Waals surface area contributed by atoms with E-state index in [0.717, 1.165) is 12.8 Å². The third kappa shape index (κ3) is 12.9. The van der Waals surface area contributed by atoms with Crippen LogP contribution in [0.1, 0.15) is 25.7 Å². The second-order valence-electron chi connectivity index (χ2n) is 3.89. The Morgan fingerprint density at radius 2 is 1.67 bits per heavy atom. The van der Waals surface area contributed by atoms with Gasteiger partial charge in [-0.25, -0.2) is 0 Å². The Hall–Kier alpha value is -1.21. The van der Waals surface area contributed by atoms with E-state index in [1.54, 1.807) is 7.05 Å². The van der Waals surface area contributed by atoms with Crippen molar-refractivity contribution in [1.29, 1.82) is 0 Å². The van der Waals surface area contributed by atoms with Gasteiger partial charge in [-0.3, -0.25) is 9.80 Å². The van der Waals surface area contributed by atoms with E-state index in [-0.39, 0.29) is 6.42 Å². The van der Waals surface area contributed by atoms with Crippen LogP contribution in [0.5, 0.6) is 0 Å². The topological polar surface area (TPSA) is 88.4 Å². The van der Waals surface area contributed by atoms with Gasteiger partial charge in [0, 0.05) is 33.3 Å². The van der Waals surface area contributed by atoms with Crippen LogP contribution in [-0.4, -0.2) is 56.1 Å². The zero-order valence-corrected chi connectivity index (χ0v) is 10.8. The van der Waals surface area contributed by atoms with E-state index < -0.39 is 5.97 Å². The van der Waals surface area contributed by atoms with Crippen molar-refractivity contribution in [3.05, 3.63) is 4.91 Å². The zero-order valence-electron chi connectivity index (χ0n) is 10.8. The van der Waals surface area contributed by atoms with Gasteiger partial charge in [-0.05, 0) is 19.3 Å². The summed E-state index contributed by atoms with van der Waals surface area (Å²) in [5.74, 6) is -0.790. The van der Waals surface area contributed by atoms with Crippen LogP contribution in [0.25, 0.3) is 0 Å². The molecule has 0 heterocycles. The molecule has 1 N–H and O–H groups in total. The van der Waals surface area contributed by atoms with E-state index in [2.05, 4.69) is 5.29 Å². The number of nitroso groups, excluding NO2 is 1. The molecular weight excluding hydrogens is 240 g/mol. The van der Waals surface area contributed by atoms with Gasteiger partial charge in [0.05, 0.1) is 18.4 Å². The van der Waals surface area contributed by atoms with Crippen molar-refractivity contribution in [3.63, 3.8) is 0 Å². The summed E-state index contributed by atoms with van der Waals surface area (Å²) in [6.45, 7) is 2.73. The lowest BCUT2D eigenvalue weighted by Gasteiger charge is -2.08. The van der Waals surface area contributed by atoms with E-state index in [1.807, 2.05) is 0 Å². The molecule has 0 atom stereocenters. The van der Waals surface area contributed by atoms with Crippen LogP contribution in [0.4, 0.5) is 0 Å². The van der Waals surface area contributed by atoms with Gasteiger partial charge < -0.3 is 14.6 Å². The van der Waals surface area contributed by atoms with Crippen LogP contribution in [0.3, 0.4) is 0 Å². The van der Waals surface area contributed by atoms with Gasteiger partial charge in [-0.2, -0.15) is 0 Å². The predicted molar refractivity (Wildman–Crippen MR) is 66.2 cm³/mol. The number of likely N-dealkylation sites (N-methyl/N-ethyl adjacent to an activating group) is 1. The molecule has 106 valence electrons. The Kier molecular flexibility index (Phi) is 11.4. The Bertz CT molecular complexity index is 225. The maximum Gasteiger partial charge on any atom is 0.303 e. The molecule has 0 spiro atoms. The van der Waals surface area contributed by atoms with Gasteiger partial charge in [0.25, 0.3) is 0 Å². The average Bonchev–Trinajstić information content (AvgIpc) is 2.35. The molecule has 18 heavy (non-hydrogen) atoms. The highest BCUT2D eigenvalue weighted by Gasteiger charge is 1.97. The number of carboxylic acid groups (broad SMARTS) is 1. The van der Waals surface area contributed by atoms with Gasteiger partial charge in [0.2, 0.25) is 0 Å². The van der Waals surface area contributed by atoms with E-state index >= 15 is 0 Å². The lowest BCUT2D eigenvalue weighted by Crippen LogP contribution is -2.17. The number of nitrogens with zero attached hydrogens (tertiary/aromatic N) is 2. The molecule has 0 aromatic heterocycles. The highest BCUT2D eigenvalue weighted by Crippen LogP contribution is 1.95. The summed E-state index contributed by atoms with van der Waals surface area (Å²) < 4.78 is 10.6. The number of hydrogen-bond acceptors (Lipinski definition) is 5. The Labute approximate surface area is 107 Å². The van der Waals surface area contributed by atoms with Crippen molar-refractivity contribution in [1.82, 2.24) is 5.01 Å². The molecule has 0 radical (unpaired) electrons. The number of unbranched alkanes of at least 4 members (excludes halogenated alkanes) is 1. The Morgan fingerprint density at radius 3 is 2.22 bits per heavy atom. The zero-order chi connectivity index (χ0) is 13.6. The fraction of sp³-hybridized carbons (Fsp3) is 0.909. The van der Waals surface area contributed by atoms with E-state index in [4.69, 9.17) is 14.6 Å². The van der Waals surface area contributed by atoms with Gasteiger partial charge >= 0.3 is 5.97 Å². The number of carbonyl (C=O) groups is 1. The van der Waals surface area contributed by atoms with Gasteiger partial charge in [-0.15, -0.1) is 4.91 Å². The van der Waals surface area contributed by atoms with Crippen molar-refractivity contribution in [3.8, 4) is 0 Å². The molecule has 0 aromatic rings. The summed E-state index contributed by atoms with van der Waals surface area (Å²) in [5.41, 5.74) is 0. The predicted octanol–water partition coefficient (Wildman–Crippen LogP) is 1.28. The standard InChI is InChI=1S/C11H22N2O5/c1-13(12-16)6-10-18-8-3-2-7-17-9-4-5-11(14)15/h2-10H2,1H3,(H,14,15). The quantitative estimate of drug-likeness (QED) is 0.305. The third-order valence-corrected chi connectivity index (χ3v) is 2.21. The minimum atomic E-state index is -0.790. The van der Waals surface area contributed by atoms with Crippen LogP contribution >= 0.6 is 0 Å². The summed E-state index contributed by atoms with van der Waals surface area (Å²) in [4.78, 5) is 20.2. The monoisotopic (exact) mass is 262 g/mol. The van der Waals surface area contributed by atoms with E-state index in [0.29, 0.717) is 39.4 Å². The highest BCUT2D eigenvalue weighted by molar-refractivity contribution is 5.66. The summed E-state index contributed by atoms with van der Waals surface area (Å²) in [6.07, 6.45) is 2.48. The average molecular weight is 262 g/mol. The summed E-state index contributed by atoms with van der Waals surface area (Å²) in [5, 5.41) is 12.4. The number of carboxylic acids is 1. The largest absolute Gasteiger partial charge is 0.481 e. The normalized spacial score (nSPS) is 10.3. The molecule has 7 nitrogen and oxygen atoms in total. The fourth-order valence-electron chi connectivity index (χ4n) is 1.18. The van der Waals surface area contributed by atoms with Crippen molar-refractivity contribution in [2.24, 2.45) is 5.29 Å². The van der Waals surface area contributed by atoms with Crippen molar-refractivity contribution in [2.75, 3.05) is 40.0 Å². The number of aliphatic carboxylic acids is 1. The molecular formula is C11H22N2O5. The Morgan fingerprint density at radius 1 is 1.11 bits per heavy atom. The minimum absolute atomic E-state index is 0.154. The Balaban J connectivity index is 3.03. The molecule has 0 fully saturated rings. The molecule has 0 bridgehead atoms. The van der Waals surface area contributed by atoms with Gasteiger partial charge in [-0.1, -0.05) is 0 Å². The molecule has 0 aliphatic carbocycles. The molecule has 7 heteroatoms. The number of rotatable bonds is 13. The molecule has 0 aromatic carbocycles. The van der Waals surface area contributed by atoms with Crippen molar-refractivity contribution in [2.45, 2.75) is 25.7 Å². The molecule has 0 unspecified atom stereocenters. The first-order chi connectivity index (χ1) is 8.66. The molecule has 0 aliphatic rings. The maximum absolute atomic E-state index is 10.2. The van der Waals surface area contributed by atoms with E-state index in [9.17, 15) is 9.70 Å². The maximum atomic E-state index is 10.2. The van der Waals surface area contributed by atoms with E-state index in [1.165, 1.54) is 5.01 Å². The first kappa shape index (κ1) is 16.8. The van der Waals surface area contributed by atoms with Crippen LogP contribution < -0.4 is 0 Å². The van der Waals surface area contributed by atoms with Gasteiger partial charge in [0.15, 0.2) is 0 Å². The highest BCUT2D eigenvalue weighted by atomic mass is 16.5.